The predicted octanol–water partition coefficient (Wildman–Crippen LogP) is 0.715. The zero-order valence-corrected chi connectivity index (χ0v) is 14.7. The molecule has 1 aromatic carbocycles. The van der Waals surface area contributed by atoms with Crippen molar-refractivity contribution in [1.29, 1.82) is 0 Å². The number of rotatable bonds is 8. The molecule has 8 nitrogen and oxygen atoms in total. The van der Waals surface area contributed by atoms with Crippen LogP contribution in [0.3, 0.4) is 0 Å². The van der Waals surface area contributed by atoms with Crippen LogP contribution < -0.4 is 5.32 Å². The van der Waals surface area contributed by atoms with Gasteiger partial charge >= 0.3 is 5.97 Å². The molecule has 0 radical (unpaired) electrons. The lowest BCUT2D eigenvalue weighted by atomic mass is 10.1. The van der Waals surface area contributed by atoms with Crippen molar-refractivity contribution in [3.63, 3.8) is 0 Å². The van der Waals surface area contributed by atoms with Gasteiger partial charge in [-0.3, -0.25) is 14.3 Å². The summed E-state index contributed by atoms with van der Waals surface area (Å²) in [4.78, 5) is 37.2. The van der Waals surface area contributed by atoms with Crippen LogP contribution in [0.1, 0.15) is 18.5 Å². The monoisotopic (exact) mass is 358 g/mol. The van der Waals surface area contributed by atoms with Gasteiger partial charge in [0.05, 0.1) is 6.54 Å². The summed E-state index contributed by atoms with van der Waals surface area (Å²) in [6, 6.07) is 9.13. The molecule has 1 aromatic heterocycles. The smallest absolute Gasteiger partial charge is 0.326 e. The number of carboxylic acid groups (broad SMARTS) is 1. The molecule has 0 saturated heterocycles. The van der Waals surface area contributed by atoms with E-state index in [0.717, 1.165) is 5.56 Å². The third-order valence-corrected chi connectivity index (χ3v) is 3.95. The van der Waals surface area contributed by atoms with Crippen LogP contribution in [-0.2, 0) is 20.8 Å². The van der Waals surface area contributed by atoms with E-state index in [2.05, 4.69) is 10.4 Å². The van der Waals surface area contributed by atoms with Crippen molar-refractivity contribution < 1.29 is 19.5 Å². The number of carboxylic acids is 1. The van der Waals surface area contributed by atoms with Gasteiger partial charge in [0.2, 0.25) is 11.8 Å². The molecule has 2 amide bonds. The molecule has 2 atom stereocenters. The number of nitrogens with one attached hydrogen (secondary N) is 1. The topological polar surface area (TPSA) is 105 Å². The molecule has 0 saturated carbocycles. The number of aromatic nitrogens is 2. The van der Waals surface area contributed by atoms with E-state index in [1.807, 2.05) is 6.07 Å². The molecule has 2 aromatic rings. The molecule has 138 valence electrons. The van der Waals surface area contributed by atoms with Gasteiger partial charge in [-0.25, -0.2) is 4.79 Å². The van der Waals surface area contributed by atoms with E-state index in [1.54, 1.807) is 49.6 Å². The van der Waals surface area contributed by atoms with E-state index in [4.69, 9.17) is 0 Å². The lowest BCUT2D eigenvalue weighted by molar-refractivity contribution is -0.142. The van der Waals surface area contributed by atoms with E-state index in [1.165, 1.54) is 16.6 Å². The van der Waals surface area contributed by atoms with Crippen molar-refractivity contribution in [2.45, 2.75) is 25.4 Å². The number of hydrogen-bond donors (Lipinski definition) is 2. The van der Waals surface area contributed by atoms with Gasteiger partial charge in [-0.2, -0.15) is 5.10 Å². The summed E-state index contributed by atoms with van der Waals surface area (Å²) in [6.07, 6.45) is 3.40. The Hall–Kier alpha value is -3.16. The molecule has 0 fully saturated rings. The van der Waals surface area contributed by atoms with Crippen molar-refractivity contribution in [2.24, 2.45) is 0 Å². The minimum atomic E-state index is -1.12. The van der Waals surface area contributed by atoms with E-state index in [-0.39, 0.29) is 18.9 Å². The number of aliphatic carboxylic acids is 1. The van der Waals surface area contributed by atoms with Gasteiger partial charge < -0.3 is 15.3 Å². The fourth-order valence-electron chi connectivity index (χ4n) is 2.53. The van der Waals surface area contributed by atoms with E-state index < -0.39 is 24.0 Å². The summed E-state index contributed by atoms with van der Waals surface area (Å²) in [5, 5.41) is 15.8. The maximum atomic E-state index is 12.4. The number of carbonyl (C=O) groups excluding carboxylic acids is 2. The van der Waals surface area contributed by atoms with E-state index in [9.17, 15) is 19.5 Å². The summed E-state index contributed by atoms with van der Waals surface area (Å²) in [7, 11) is 1.49. The van der Waals surface area contributed by atoms with Gasteiger partial charge in [0, 0.05) is 25.9 Å². The molecule has 0 aliphatic carbocycles. The van der Waals surface area contributed by atoms with Crippen LogP contribution in [0.2, 0.25) is 0 Å². The first-order chi connectivity index (χ1) is 12.4. The molecule has 1 unspecified atom stereocenters. The molecular formula is C18H22N4O4. The molecule has 8 heteroatoms. The number of amides is 2. The Kier molecular flexibility index (Phi) is 6.48. The largest absolute Gasteiger partial charge is 0.480 e. The van der Waals surface area contributed by atoms with E-state index in [0.29, 0.717) is 0 Å². The summed E-state index contributed by atoms with van der Waals surface area (Å²) < 4.78 is 1.49. The first kappa shape index (κ1) is 19.2. The second-order valence-corrected chi connectivity index (χ2v) is 6.00. The SMILES string of the molecule is CC(C(=O)N(C)CC(=O)N[C@H](Cc1ccccc1)C(=O)O)n1cccn1. The normalized spacial score (nSPS) is 12.8. The van der Waals surface area contributed by atoms with Crippen LogP contribution in [0.15, 0.2) is 48.8 Å². The molecule has 0 spiro atoms. The Morgan fingerprint density at radius 2 is 1.92 bits per heavy atom. The predicted molar refractivity (Wildman–Crippen MR) is 94.3 cm³/mol. The molecule has 2 rings (SSSR count). The summed E-state index contributed by atoms with van der Waals surface area (Å²) in [5.41, 5.74) is 0.803. The Bertz CT molecular complexity index is 746. The average Bonchev–Trinajstić information content (AvgIpc) is 3.15. The highest BCUT2D eigenvalue weighted by Gasteiger charge is 2.24. The molecule has 0 aliphatic heterocycles. The van der Waals surface area contributed by atoms with Crippen LogP contribution in [0.4, 0.5) is 0 Å². The van der Waals surface area contributed by atoms with Gasteiger partial charge in [-0.05, 0) is 18.6 Å². The maximum absolute atomic E-state index is 12.4. The van der Waals surface area contributed by atoms with Crippen LogP contribution >= 0.6 is 0 Å². The highest BCUT2D eigenvalue weighted by molar-refractivity contribution is 5.88. The standard InChI is InChI=1S/C18H22N4O4/c1-13(22-10-6-9-19-22)17(24)21(2)12-16(23)20-15(18(25)26)11-14-7-4-3-5-8-14/h3-10,13,15H,11-12H2,1-2H3,(H,20,23)(H,25,26)/t13?,15-/m1/s1. The maximum Gasteiger partial charge on any atom is 0.326 e. The fourth-order valence-corrected chi connectivity index (χ4v) is 2.53. The Labute approximate surface area is 151 Å². The Morgan fingerprint density at radius 3 is 2.50 bits per heavy atom. The summed E-state index contributed by atoms with van der Waals surface area (Å²) >= 11 is 0. The average molecular weight is 358 g/mol. The quantitative estimate of drug-likeness (QED) is 0.723. The highest BCUT2D eigenvalue weighted by Crippen LogP contribution is 2.07. The molecular weight excluding hydrogens is 336 g/mol. The molecule has 1 heterocycles. The van der Waals surface area contributed by atoms with Gasteiger partial charge in [0.1, 0.15) is 12.1 Å². The molecule has 2 N–H and O–H groups in total. The zero-order valence-electron chi connectivity index (χ0n) is 14.7. The van der Waals surface area contributed by atoms with Crippen molar-refractivity contribution >= 4 is 17.8 Å². The minimum absolute atomic E-state index is 0.170. The van der Waals surface area contributed by atoms with Crippen molar-refractivity contribution in [1.82, 2.24) is 20.0 Å². The van der Waals surface area contributed by atoms with Gasteiger partial charge in [-0.15, -0.1) is 0 Å². The van der Waals surface area contributed by atoms with Gasteiger partial charge in [0.25, 0.3) is 0 Å². The van der Waals surface area contributed by atoms with Gasteiger partial charge in [0.15, 0.2) is 0 Å². The van der Waals surface area contributed by atoms with Crippen LogP contribution in [-0.4, -0.2) is 57.2 Å². The Morgan fingerprint density at radius 1 is 1.23 bits per heavy atom. The fraction of sp³-hybridized carbons (Fsp3) is 0.333. The minimum Gasteiger partial charge on any atom is -0.480 e. The number of carbonyl (C=O) groups is 3. The van der Waals surface area contributed by atoms with E-state index >= 15 is 0 Å². The first-order valence-corrected chi connectivity index (χ1v) is 8.18. The van der Waals surface area contributed by atoms with Crippen LogP contribution in [0, 0.1) is 0 Å². The molecule has 26 heavy (non-hydrogen) atoms. The number of nitrogens with zero attached hydrogens (tertiary/aromatic N) is 3. The number of benzene rings is 1. The zero-order chi connectivity index (χ0) is 19.1. The third-order valence-electron chi connectivity index (χ3n) is 3.95. The highest BCUT2D eigenvalue weighted by atomic mass is 16.4. The van der Waals surface area contributed by atoms with Crippen LogP contribution in [0.5, 0.6) is 0 Å². The lowest BCUT2D eigenvalue weighted by Gasteiger charge is -2.22. The second kappa shape index (κ2) is 8.80. The summed E-state index contributed by atoms with van der Waals surface area (Å²) in [6.45, 7) is 1.45. The van der Waals surface area contributed by atoms with Crippen LogP contribution in [0.25, 0.3) is 0 Å². The van der Waals surface area contributed by atoms with Crippen molar-refractivity contribution in [3.8, 4) is 0 Å². The first-order valence-electron chi connectivity index (χ1n) is 8.18. The number of hydrogen-bond acceptors (Lipinski definition) is 4. The van der Waals surface area contributed by atoms with Crippen molar-refractivity contribution in [2.75, 3.05) is 13.6 Å². The molecule has 0 bridgehead atoms. The molecule has 0 aliphatic rings. The lowest BCUT2D eigenvalue weighted by Crippen LogP contribution is -2.47. The second-order valence-electron chi connectivity index (χ2n) is 6.00. The number of likely N-dealkylation sites (N-methyl/N-ethyl adjacent to an activating group) is 1. The Balaban J connectivity index is 1.92. The summed E-state index contributed by atoms with van der Waals surface area (Å²) in [5.74, 6) is -1.95. The van der Waals surface area contributed by atoms with Gasteiger partial charge in [-0.1, -0.05) is 30.3 Å². The van der Waals surface area contributed by atoms with Crippen molar-refractivity contribution in [3.05, 3.63) is 54.4 Å². The third kappa shape index (κ3) is 5.17.